The van der Waals surface area contributed by atoms with Crippen molar-refractivity contribution in [2.45, 2.75) is 12.6 Å². The van der Waals surface area contributed by atoms with E-state index >= 15 is 0 Å². The first-order chi connectivity index (χ1) is 6.73. The predicted octanol–water partition coefficient (Wildman–Crippen LogP) is 3.94. The largest absolute Gasteiger partial charge is 0.421 e. The molecule has 0 aliphatic heterocycles. The van der Waals surface area contributed by atoms with E-state index in [0.717, 1.165) is 0 Å². The van der Waals surface area contributed by atoms with Gasteiger partial charge >= 0.3 is 6.18 Å². The van der Waals surface area contributed by atoms with Gasteiger partial charge < -0.3 is 0 Å². The number of alkyl halides is 5. The van der Waals surface area contributed by atoms with Crippen molar-refractivity contribution in [2.24, 2.45) is 0 Å². The molecule has 0 fully saturated rings. The summed E-state index contributed by atoms with van der Waals surface area (Å²) >= 11 is 2.30. The van der Waals surface area contributed by atoms with Crippen LogP contribution in [0.5, 0.6) is 0 Å². The van der Waals surface area contributed by atoms with Crippen LogP contribution in [0.1, 0.15) is 17.7 Å². The lowest BCUT2D eigenvalue weighted by molar-refractivity contribution is -0.141. The molecule has 0 amide bonds. The molecule has 0 N–H and O–H groups in total. The maximum atomic E-state index is 12.8. The first-order valence-electron chi connectivity index (χ1n) is 3.44. The van der Waals surface area contributed by atoms with Crippen LogP contribution in [0.4, 0.5) is 26.3 Å². The fourth-order valence-corrected chi connectivity index (χ4v) is 1.49. The van der Waals surface area contributed by atoms with Crippen molar-refractivity contribution >= 4 is 15.9 Å². The van der Waals surface area contributed by atoms with Crippen molar-refractivity contribution in [3.05, 3.63) is 27.7 Å². The van der Waals surface area contributed by atoms with E-state index in [2.05, 4.69) is 20.9 Å². The molecule has 0 bridgehead atoms. The highest BCUT2D eigenvalue weighted by Crippen LogP contribution is 2.37. The zero-order valence-electron chi connectivity index (χ0n) is 6.75. The van der Waals surface area contributed by atoms with Crippen LogP contribution in [0.3, 0.4) is 0 Å². The van der Waals surface area contributed by atoms with E-state index in [1.807, 2.05) is 0 Å². The zero-order chi connectivity index (χ0) is 11.8. The first kappa shape index (κ1) is 12.3. The van der Waals surface area contributed by atoms with Gasteiger partial charge in [0.15, 0.2) is 0 Å². The molecule has 0 spiro atoms. The minimum absolute atomic E-state index is 0.0677. The highest BCUT2D eigenvalue weighted by atomic mass is 79.9. The molecule has 15 heavy (non-hydrogen) atoms. The third kappa shape index (κ3) is 2.61. The summed E-state index contributed by atoms with van der Waals surface area (Å²) in [6, 6.07) is 0.0677. The lowest BCUT2D eigenvalue weighted by atomic mass is 10.2. The molecule has 0 atom stereocenters. The molecule has 1 heterocycles. The minimum atomic E-state index is -4.98. The Balaban J connectivity index is 3.34. The summed E-state index contributed by atoms with van der Waals surface area (Å²) in [5.74, 6) is -1.78. The van der Waals surface area contributed by atoms with E-state index < -0.39 is 34.3 Å². The molecule has 0 aliphatic carbocycles. The van der Waals surface area contributed by atoms with Gasteiger partial charge in [0, 0.05) is 6.07 Å². The van der Waals surface area contributed by atoms with Crippen LogP contribution in [0.15, 0.2) is 10.7 Å². The maximum absolute atomic E-state index is 12.8. The third-order valence-electron chi connectivity index (χ3n) is 1.45. The average molecular weight is 294 g/mol. The Bertz CT molecular complexity index is 351. The van der Waals surface area contributed by atoms with E-state index in [1.54, 1.807) is 0 Å². The SMILES string of the molecule is Fc1cc(C(F)F)nc(Br)c1C(F)(F)F. The van der Waals surface area contributed by atoms with Crippen LogP contribution >= 0.6 is 15.9 Å². The van der Waals surface area contributed by atoms with Gasteiger partial charge in [-0.25, -0.2) is 18.2 Å². The highest BCUT2D eigenvalue weighted by molar-refractivity contribution is 9.10. The summed E-state index contributed by atoms with van der Waals surface area (Å²) in [5, 5.41) is 0. The van der Waals surface area contributed by atoms with Crippen molar-refractivity contribution in [3.63, 3.8) is 0 Å². The normalized spacial score (nSPS) is 12.3. The predicted molar refractivity (Wildman–Crippen MR) is 41.9 cm³/mol. The second-order valence-electron chi connectivity index (χ2n) is 2.49. The van der Waals surface area contributed by atoms with Crippen molar-refractivity contribution in [3.8, 4) is 0 Å². The monoisotopic (exact) mass is 293 g/mol. The molecule has 0 unspecified atom stereocenters. The Kier molecular flexibility index (Phi) is 3.27. The third-order valence-corrected chi connectivity index (χ3v) is 2.03. The molecule has 1 nitrogen and oxygen atoms in total. The quantitative estimate of drug-likeness (QED) is 0.564. The van der Waals surface area contributed by atoms with Gasteiger partial charge in [-0.05, 0) is 15.9 Å². The molecular formula is C7H2BrF6N. The fraction of sp³-hybridized carbons (Fsp3) is 0.286. The summed E-state index contributed by atoms with van der Waals surface area (Å²) in [5.41, 5.74) is -2.74. The van der Waals surface area contributed by atoms with Gasteiger partial charge in [-0.1, -0.05) is 0 Å². The Hall–Kier alpha value is -0.790. The molecule has 0 saturated carbocycles. The number of pyridine rings is 1. The second-order valence-corrected chi connectivity index (χ2v) is 3.24. The zero-order valence-corrected chi connectivity index (χ0v) is 8.33. The number of rotatable bonds is 1. The summed E-state index contributed by atoms with van der Waals surface area (Å²) in [7, 11) is 0. The van der Waals surface area contributed by atoms with Crippen molar-refractivity contribution < 1.29 is 26.3 Å². The number of halogens is 7. The number of nitrogens with zero attached hydrogens (tertiary/aromatic N) is 1. The van der Waals surface area contributed by atoms with Crippen LogP contribution < -0.4 is 0 Å². The number of hydrogen-bond acceptors (Lipinski definition) is 1. The van der Waals surface area contributed by atoms with E-state index in [1.165, 1.54) is 0 Å². The van der Waals surface area contributed by atoms with Crippen LogP contribution in [0.25, 0.3) is 0 Å². The van der Waals surface area contributed by atoms with Gasteiger partial charge in [-0.3, -0.25) is 0 Å². The molecule has 1 aromatic rings. The Morgan fingerprint density at radius 1 is 1.27 bits per heavy atom. The molecule has 0 aliphatic rings. The first-order valence-corrected chi connectivity index (χ1v) is 4.24. The van der Waals surface area contributed by atoms with E-state index in [4.69, 9.17) is 0 Å². The van der Waals surface area contributed by atoms with Crippen molar-refractivity contribution in [1.29, 1.82) is 0 Å². The standard InChI is InChI=1S/C7H2BrF6N/c8-5-4(7(12,13)14)2(9)1-3(15-5)6(10)11/h1,6H. The molecular weight excluding hydrogens is 292 g/mol. The van der Waals surface area contributed by atoms with Crippen LogP contribution in [0, 0.1) is 5.82 Å². The molecule has 84 valence electrons. The summed E-state index contributed by atoms with van der Waals surface area (Å²) in [4.78, 5) is 2.91. The van der Waals surface area contributed by atoms with Gasteiger partial charge in [0.05, 0.1) is 0 Å². The summed E-state index contributed by atoms with van der Waals surface area (Å²) < 4.78 is 72.3. The Morgan fingerprint density at radius 3 is 2.13 bits per heavy atom. The van der Waals surface area contributed by atoms with Gasteiger partial charge in [0.1, 0.15) is 21.7 Å². The number of hydrogen-bond donors (Lipinski definition) is 0. The van der Waals surface area contributed by atoms with Crippen LogP contribution in [-0.2, 0) is 6.18 Å². The lowest BCUT2D eigenvalue weighted by Crippen LogP contribution is -2.11. The summed E-state index contributed by atoms with van der Waals surface area (Å²) in [6.07, 6.45) is -8.10. The van der Waals surface area contributed by atoms with Crippen LogP contribution in [0.2, 0.25) is 0 Å². The topological polar surface area (TPSA) is 12.9 Å². The van der Waals surface area contributed by atoms with Gasteiger partial charge in [-0.2, -0.15) is 13.2 Å². The summed E-state index contributed by atoms with van der Waals surface area (Å²) in [6.45, 7) is 0. The molecule has 0 saturated heterocycles. The Labute approximate surface area is 88.2 Å². The van der Waals surface area contributed by atoms with Gasteiger partial charge in [-0.15, -0.1) is 0 Å². The van der Waals surface area contributed by atoms with Crippen molar-refractivity contribution in [2.75, 3.05) is 0 Å². The van der Waals surface area contributed by atoms with E-state index in [0.29, 0.717) is 0 Å². The van der Waals surface area contributed by atoms with Gasteiger partial charge in [0.25, 0.3) is 6.43 Å². The highest BCUT2D eigenvalue weighted by Gasteiger charge is 2.38. The van der Waals surface area contributed by atoms with E-state index in [9.17, 15) is 26.3 Å². The number of aromatic nitrogens is 1. The second kappa shape index (κ2) is 3.99. The lowest BCUT2D eigenvalue weighted by Gasteiger charge is -2.10. The van der Waals surface area contributed by atoms with Gasteiger partial charge in [0.2, 0.25) is 0 Å². The Morgan fingerprint density at radius 2 is 1.80 bits per heavy atom. The molecule has 1 rings (SSSR count). The van der Waals surface area contributed by atoms with Crippen LogP contribution in [-0.4, -0.2) is 4.98 Å². The molecule has 8 heteroatoms. The molecule has 0 radical (unpaired) electrons. The minimum Gasteiger partial charge on any atom is -0.239 e. The van der Waals surface area contributed by atoms with E-state index in [-0.39, 0.29) is 6.07 Å². The fourth-order valence-electron chi connectivity index (χ4n) is 0.866. The molecule has 1 aromatic heterocycles. The molecule has 0 aromatic carbocycles. The average Bonchev–Trinajstić information content (AvgIpc) is 1.99. The smallest absolute Gasteiger partial charge is 0.239 e. The van der Waals surface area contributed by atoms with Crippen molar-refractivity contribution in [1.82, 2.24) is 4.98 Å². The maximum Gasteiger partial charge on any atom is 0.421 e.